The summed E-state index contributed by atoms with van der Waals surface area (Å²) in [5.74, 6) is 1.12. The van der Waals surface area contributed by atoms with Crippen LogP contribution in [-0.4, -0.2) is 27.3 Å². The summed E-state index contributed by atoms with van der Waals surface area (Å²) in [5.41, 5.74) is 4.55. The summed E-state index contributed by atoms with van der Waals surface area (Å²) < 4.78 is 7.23. The van der Waals surface area contributed by atoms with E-state index in [1.165, 1.54) is 0 Å². The number of carbonyl (C=O) groups excluding carboxylic acids is 1. The van der Waals surface area contributed by atoms with Gasteiger partial charge in [-0.2, -0.15) is 0 Å². The Morgan fingerprint density at radius 3 is 2.35 bits per heavy atom. The van der Waals surface area contributed by atoms with Gasteiger partial charge in [-0.05, 0) is 68.8 Å². The Bertz CT molecular complexity index is 1210. The van der Waals surface area contributed by atoms with E-state index >= 15 is 0 Å². The number of nitrogens with one attached hydrogen (secondary N) is 1. The van der Waals surface area contributed by atoms with Gasteiger partial charge in [-0.15, -0.1) is 5.10 Å². The first-order valence-corrected chi connectivity index (χ1v) is 10.2. The molecular weight excluding hydrogens is 388 g/mol. The molecule has 1 amide bonds. The third-order valence-electron chi connectivity index (χ3n) is 4.75. The molecule has 6 nitrogen and oxygen atoms in total. The van der Waals surface area contributed by atoms with Gasteiger partial charge in [0.05, 0.1) is 12.3 Å². The molecule has 4 rings (SSSR count). The predicted octanol–water partition coefficient (Wildman–Crippen LogP) is 5.20. The van der Waals surface area contributed by atoms with Crippen LogP contribution < -0.4 is 10.1 Å². The monoisotopic (exact) mass is 412 g/mol. The minimum Gasteiger partial charge on any atom is -0.494 e. The number of hydrogen-bond donors (Lipinski definition) is 1. The highest BCUT2D eigenvalue weighted by molar-refractivity contribution is 6.01. The molecule has 1 N–H and O–H groups in total. The summed E-state index contributed by atoms with van der Waals surface area (Å²) in [4.78, 5) is 17.5. The van der Waals surface area contributed by atoms with Crippen molar-refractivity contribution in [1.29, 1.82) is 0 Å². The van der Waals surface area contributed by atoms with Gasteiger partial charge in [0, 0.05) is 11.3 Å². The molecule has 0 aliphatic carbocycles. The van der Waals surface area contributed by atoms with Crippen LogP contribution >= 0.6 is 0 Å². The molecule has 6 heteroatoms. The third-order valence-corrected chi connectivity index (χ3v) is 4.75. The molecule has 0 fully saturated rings. The van der Waals surface area contributed by atoms with Crippen molar-refractivity contribution in [2.24, 2.45) is 0 Å². The first-order valence-electron chi connectivity index (χ1n) is 10.2. The molecule has 0 saturated heterocycles. The molecule has 0 aliphatic heterocycles. The van der Waals surface area contributed by atoms with Crippen molar-refractivity contribution >= 4 is 11.6 Å². The Morgan fingerprint density at radius 2 is 1.68 bits per heavy atom. The van der Waals surface area contributed by atoms with Gasteiger partial charge in [0.2, 0.25) is 5.82 Å². The zero-order valence-corrected chi connectivity index (χ0v) is 17.8. The van der Waals surface area contributed by atoms with E-state index in [-0.39, 0.29) is 11.7 Å². The largest absolute Gasteiger partial charge is 0.494 e. The van der Waals surface area contributed by atoms with Crippen LogP contribution in [0.1, 0.15) is 28.7 Å². The molecule has 0 atom stereocenters. The Kier molecular flexibility index (Phi) is 5.80. The number of carbonyl (C=O) groups is 1. The van der Waals surface area contributed by atoms with Crippen LogP contribution in [0.5, 0.6) is 5.75 Å². The molecule has 0 aliphatic rings. The maximum Gasteiger partial charge on any atom is 0.295 e. The molecule has 0 bridgehead atoms. The fourth-order valence-corrected chi connectivity index (χ4v) is 3.32. The van der Waals surface area contributed by atoms with E-state index in [9.17, 15) is 4.79 Å². The second-order valence-electron chi connectivity index (χ2n) is 7.29. The predicted molar refractivity (Wildman–Crippen MR) is 122 cm³/mol. The fraction of sp³-hybridized carbons (Fsp3) is 0.160. The third kappa shape index (κ3) is 4.64. The number of rotatable bonds is 6. The van der Waals surface area contributed by atoms with Gasteiger partial charge < -0.3 is 10.1 Å². The minimum atomic E-state index is -0.357. The van der Waals surface area contributed by atoms with Crippen molar-refractivity contribution in [2.75, 3.05) is 11.9 Å². The van der Waals surface area contributed by atoms with Gasteiger partial charge in [0.1, 0.15) is 5.75 Å². The smallest absolute Gasteiger partial charge is 0.295 e. The molecule has 4 aromatic rings. The Morgan fingerprint density at radius 1 is 0.968 bits per heavy atom. The zero-order valence-electron chi connectivity index (χ0n) is 17.8. The van der Waals surface area contributed by atoms with Crippen LogP contribution in [0.3, 0.4) is 0 Å². The summed E-state index contributed by atoms with van der Waals surface area (Å²) >= 11 is 0. The van der Waals surface area contributed by atoms with Crippen LogP contribution in [0, 0.1) is 13.8 Å². The van der Waals surface area contributed by atoms with Gasteiger partial charge in [-0.25, -0.2) is 9.67 Å². The van der Waals surface area contributed by atoms with Crippen molar-refractivity contribution < 1.29 is 9.53 Å². The Hall–Kier alpha value is -3.93. The number of aryl methyl sites for hydroxylation is 2. The van der Waals surface area contributed by atoms with Crippen molar-refractivity contribution in [3.8, 4) is 22.8 Å². The van der Waals surface area contributed by atoms with Gasteiger partial charge in [0.15, 0.2) is 5.82 Å². The van der Waals surface area contributed by atoms with Gasteiger partial charge in [-0.3, -0.25) is 4.79 Å². The van der Waals surface area contributed by atoms with Crippen molar-refractivity contribution in [3.63, 3.8) is 0 Å². The molecule has 156 valence electrons. The lowest BCUT2D eigenvalue weighted by Gasteiger charge is -2.08. The molecule has 1 heterocycles. The number of nitrogens with zero attached hydrogens (tertiary/aromatic N) is 3. The summed E-state index contributed by atoms with van der Waals surface area (Å²) in [6, 6.07) is 23.2. The minimum absolute atomic E-state index is 0.104. The molecule has 31 heavy (non-hydrogen) atoms. The molecule has 1 aromatic heterocycles. The van der Waals surface area contributed by atoms with Crippen LogP contribution in [0.15, 0.2) is 72.8 Å². The number of ether oxygens (including phenoxy) is 1. The molecule has 0 saturated carbocycles. The lowest BCUT2D eigenvalue weighted by Crippen LogP contribution is -2.14. The van der Waals surface area contributed by atoms with Crippen LogP contribution in [0.2, 0.25) is 0 Å². The first-order chi connectivity index (χ1) is 15.0. The number of benzene rings is 3. The number of hydrogen-bond acceptors (Lipinski definition) is 4. The second-order valence-corrected chi connectivity index (χ2v) is 7.29. The highest BCUT2D eigenvalue weighted by atomic mass is 16.5. The van der Waals surface area contributed by atoms with E-state index in [0.717, 1.165) is 28.1 Å². The van der Waals surface area contributed by atoms with E-state index in [4.69, 9.17) is 4.74 Å². The lowest BCUT2D eigenvalue weighted by molar-refractivity contribution is 0.101. The summed E-state index contributed by atoms with van der Waals surface area (Å²) in [6.45, 7) is 6.54. The summed E-state index contributed by atoms with van der Waals surface area (Å²) in [5, 5.41) is 7.42. The van der Waals surface area contributed by atoms with E-state index in [0.29, 0.717) is 18.1 Å². The van der Waals surface area contributed by atoms with Crippen LogP contribution in [0.25, 0.3) is 17.1 Å². The fourth-order valence-electron chi connectivity index (χ4n) is 3.32. The van der Waals surface area contributed by atoms with Gasteiger partial charge in [-0.1, -0.05) is 35.9 Å². The van der Waals surface area contributed by atoms with Crippen LogP contribution in [0.4, 0.5) is 5.69 Å². The normalized spacial score (nSPS) is 10.7. The maximum atomic E-state index is 12.9. The van der Waals surface area contributed by atoms with Crippen LogP contribution in [-0.2, 0) is 0 Å². The van der Waals surface area contributed by atoms with E-state index in [1.807, 2.05) is 93.6 Å². The molecule has 3 aromatic carbocycles. The van der Waals surface area contributed by atoms with E-state index < -0.39 is 0 Å². The van der Waals surface area contributed by atoms with Crippen molar-refractivity contribution in [3.05, 3.63) is 89.7 Å². The lowest BCUT2D eigenvalue weighted by atomic mass is 10.1. The average Bonchev–Trinajstić information content (AvgIpc) is 3.20. The van der Waals surface area contributed by atoms with E-state index in [2.05, 4.69) is 15.4 Å². The second kappa shape index (κ2) is 8.83. The Balaban J connectivity index is 1.73. The number of amides is 1. The quantitative estimate of drug-likeness (QED) is 0.472. The zero-order chi connectivity index (χ0) is 21.8. The average molecular weight is 412 g/mol. The highest BCUT2D eigenvalue weighted by Gasteiger charge is 2.19. The molecule has 0 spiro atoms. The Labute approximate surface area is 181 Å². The SMILES string of the molecule is CCOc1ccc(-n2nc(C(=O)Nc3cccc(C)c3)nc2-c2cccc(C)c2)cc1. The molecule has 0 unspecified atom stereocenters. The molecule has 0 radical (unpaired) electrons. The molecular formula is C25H24N4O2. The van der Waals surface area contributed by atoms with Crippen molar-refractivity contribution in [2.45, 2.75) is 20.8 Å². The van der Waals surface area contributed by atoms with Gasteiger partial charge in [0.25, 0.3) is 5.91 Å². The topological polar surface area (TPSA) is 69.0 Å². The maximum absolute atomic E-state index is 12.9. The van der Waals surface area contributed by atoms with Gasteiger partial charge >= 0.3 is 0 Å². The standard InChI is InChI=1S/C25H24N4O2/c1-4-31-22-13-11-21(12-14-22)29-24(19-9-5-7-17(2)15-19)27-23(28-29)25(30)26-20-10-6-8-18(3)16-20/h5-16H,4H2,1-3H3,(H,26,30). The highest BCUT2D eigenvalue weighted by Crippen LogP contribution is 2.24. The van der Waals surface area contributed by atoms with Crippen molar-refractivity contribution in [1.82, 2.24) is 14.8 Å². The van der Waals surface area contributed by atoms with E-state index in [1.54, 1.807) is 4.68 Å². The number of anilines is 1. The number of aromatic nitrogens is 3. The summed E-state index contributed by atoms with van der Waals surface area (Å²) in [7, 11) is 0. The summed E-state index contributed by atoms with van der Waals surface area (Å²) in [6.07, 6.45) is 0. The first kappa shape index (κ1) is 20.3.